The summed E-state index contributed by atoms with van der Waals surface area (Å²) in [5.41, 5.74) is 0. The van der Waals surface area contributed by atoms with Crippen molar-refractivity contribution in [3.05, 3.63) is 16.6 Å². The van der Waals surface area contributed by atoms with Gasteiger partial charge < -0.3 is 5.32 Å². The molecule has 1 atom stereocenters. The van der Waals surface area contributed by atoms with E-state index in [4.69, 9.17) is 0 Å². The van der Waals surface area contributed by atoms with E-state index in [0.717, 1.165) is 24.9 Å². The molecule has 0 radical (unpaired) electrons. The van der Waals surface area contributed by atoms with Crippen LogP contribution in [0.1, 0.15) is 24.8 Å². The Kier molecular flexibility index (Phi) is 2.96. The molecule has 0 saturated heterocycles. The topological polar surface area (TPSA) is 24.9 Å². The van der Waals surface area contributed by atoms with Crippen molar-refractivity contribution in [3.8, 4) is 0 Å². The Hall–Kier alpha value is -0.410. The molecular formula is C10H16N2S. The zero-order valence-corrected chi connectivity index (χ0v) is 8.81. The Morgan fingerprint density at radius 1 is 1.69 bits per heavy atom. The summed E-state index contributed by atoms with van der Waals surface area (Å²) in [7, 11) is 0. The zero-order valence-electron chi connectivity index (χ0n) is 7.99. The molecule has 1 heterocycles. The minimum atomic E-state index is 0.847. The maximum atomic E-state index is 4.23. The van der Waals surface area contributed by atoms with Crippen molar-refractivity contribution < 1.29 is 0 Å². The molecule has 13 heavy (non-hydrogen) atoms. The minimum Gasteiger partial charge on any atom is -0.310 e. The molecule has 0 amide bonds. The number of nitrogens with one attached hydrogen (secondary N) is 1. The number of hydrogen-bond donors (Lipinski definition) is 1. The lowest BCUT2D eigenvalue weighted by molar-refractivity contribution is 0.461. The van der Waals surface area contributed by atoms with Gasteiger partial charge in [-0.05, 0) is 31.2 Å². The quantitative estimate of drug-likeness (QED) is 0.781. The molecular weight excluding hydrogens is 180 g/mol. The van der Waals surface area contributed by atoms with Gasteiger partial charge in [0.25, 0.3) is 0 Å². The molecule has 1 aromatic heterocycles. The van der Waals surface area contributed by atoms with Crippen molar-refractivity contribution in [3.63, 3.8) is 0 Å². The van der Waals surface area contributed by atoms with Crippen LogP contribution in [0.3, 0.4) is 0 Å². The standard InChI is InChI=1S/C10H16N2S/c1-8(9-2-3-9)6-11-7-10-12-4-5-13-10/h4-5,8-9,11H,2-3,6-7H2,1H3. The third kappa shape index (κ3) is 2.78. The van der Waals surface area contributed by atoms with Crippen molar-refractivity contribution in [2.75, 3.05) is 6.54 Å². The van der Waals surface area contributed by atoms with Gasteiger partial charge in [0.15, 0.2) is 0 Å². The second-order valence-corrected chi connectivity index (χ2v) is 4.85. The lowest BCUT2D eigenvalue weighted by Gasteiger charge is -2.09. The lowest BCUT2D eigenvalue weighted by Crippen LogP contribution is -2.21. The average Bonchev–Trinajstić information content (AvgIpc) is 2.86. The minimum absolute atomic E-state index is 0.847. The van der Waals surface area contributed by atoms with Gasteiger partial charge in [0.2, 0.25) is 0 Å². The summed E-state index contributed by atoms with van der Waals surface area (Å²) in [5, 5.41) is 6.68. The molecule has 0 aromatic carbocycles. The van der Waals surface area contributed by atoms with E-state index in [-0.39, 0.29) is 0 Å². The molecule has 2 rings (SSSR count). The number of nitrogens with zero attached hydrogens (tertiary/aromatic N) is 1. The van der Waals surface area contributed by atoms with Gasteiger partial charge in [-0.2, -0.15) is 0 Å². The van der Waals surface area contributed by atoms with Gasteiger partial charge in [-0.1, -0.05) is 6.92 Å². The Morgan fingerprint density at radius 2 is 2.54 bits per heavy atom. The number of thiazole rings is 1. The molecule has 1 aliphatic carbocycles. The molecule has 2 nitrogen and oxygen atoms in total. The predicted octanol–water partition coefficient (Wildman–Crippen LogP) is 2.28. The highest BCUT2D eigenvalue weighted by Crippen LogP contribution is 2.36. The van der Waals surface area contributed by atoms with E-state index in [1.165, 1.54) is 17.8 Å². The van der Waals surface area contributed by atoms with Crippen LogP contribution >= 0.6 is 11.3 Å². The van der Waals surface area contributed by atoms with Crippen LogP contribution in [-0.2, 0) is 6.54 Å². The fourth-order valence-corrected chi connectivity index (χ4v) is 2.16. The van der Waals surface area contributed by atoms with E-state index in [1.807, 2.05) is 11.6 Å². The van der Waals surface area contributed by atoms with Gasteiger partial charge in [-0.25, -0.2) is 4.98 Å². The van der Waals surface area contributed by atoms with Crippen LogP contribution in [0.25, 0.3) is 0 Å². The van der Waals surface area contributed by atoms with Gasteiger partial charge in [0, 0.05) is 18.1 Å². The van der Waals surface area contributed by atoms with Crippen LogP contribution in [0, 0.1) is 11.8 Å². The van der Waals surface area contributed by atoms with Crippen molar-refractivity contribution in [1.82, 2.24) is 10.3 Å². The fraction of sp³-hybridized carbons (Fsp3) is 0.700. The van der Waals surface area contributed by atoms with Crippen LogP contribution in [0.5, 0.6) is 0 Å². The summed E-state index contributed by atoms with van der Waals surface area (Å²) in [4.78, 5) is 4.23. The molecule has 1 unspecified atom stereocenters. The van der Waals surface area contributed by atoms with Gasteiger partial charge in [-0.15, -0.1) is 11.3 Å². The molecule has 0 spiro atoms. The lowest BCUT2D eigenvalue weighted by atomic mass is 10.1. The predicted molar refractivity (Wildman–Crippen MR) is 55.7 cm³/mol. The molecule has 1 N–H and O–H groups in total. The van der Waals surface area contributed by atoms with E-state index in [2.05, 4.69) is 17.2 Å². The molecule has 0 aliphatic heterocycles. The first kappa shape index (κ1) is 9.16. The highest BCUT2D eigenvalue weighted by atomic mass is 32.1. The molecule has 1 saturated carbocycles. The van der Waals surface area contributed by atoms with E-state index in [9.17, 15) is 0 Å². The summed E-state index contributed by atoms with van der Waals surface area (Å²) in [6, 6.07) is 0. The monoisotopic (exact) mass is 196 g/mol. The smallest absolute Gasteiger partial charge is 0.106 e. The second-order valence-electron chi connectivity index (χ2n) is 3.87. The van der Waals surface area contributed by atoms with Gasteiger partial charge >= 0.3 is 0 Å². The van der Waals surface area contributed by atoms with E-state index >= 15 is 0 Å². The fourth-order valence-electron chi connectivity index (χ4n) is 1.58. The summed E-state index contributed by atoms with van der Waals surface area (Å²) >= 11 is 1.72. The highest BCUT2D eigenvalue weighted by Gasteiger charge is 2.27. The maximum absolute atomic E-state index is 4.23. The molecule has 3 heteroatoms. The van der Waals surface area contributed by atoms with Crippen LogP contribution in [0.15, 0.2) is 11.6 Å². The van der Waals surface area contributed by atoms with Crippen molar-refractivity contribution >= 4 is 11.3 Å². The Bertz CT molecular complexity index is 241. The van der Waals surface area contributed by atoms with Gasteiger partial charge in [0.1, 0.15) is 5.01 Å². The van der Waals surface area contributed by atoms with Crippen molar-refractivity contribution in [2.45, 2.75) is 26.3 Å². The summed E-state index contributed by atoms with van der Waals surface area (Å²) < 4.78 is 0. The number of hydrogen-bond acceptors (Lipinski definition) is 3. The first-order chi connectivity index (χ1) is 6.36. The van der Waals surface area contributed by atoms with E-state index in [0.29, 0.717) is 0 Å². The molecule has 0 bridgehead atoms. The van der Waals surface area contributed by atoms with E-state index < -0.39 is 0 Å². The SMILES string of the molecule is CC(CNCc1nccs1)C1CC1. The van der Waals surface area contributed by atoms with Crippen molar-refractivity contribution in [2.24, 2.45) is 11.8 Å². The Balaban J connectivity index is 1.63. The first-order valence-corrected chi connectivity index (χ1v) is 5.83. The largest absolute Gasteiger partial charge is 0.310 e. The molecule has 72 valence electrons. The summed E-state index contributed by atoms with van der Waals surface area (Å²) in [6.45, 7) is 4.42. The molecule has 1 aliphatic rings. The van der Waals surface area contributed by atoms with Crippen LogP contribution in [0.2, 0.25) is 0 Å². The summed E-state index contributed by atoms with van der Waals surface area (Å²) in [6.07, 6.45) is 4.76. The van der Waals surface area contributed by atoms with E-state index in [1.54, 1.807) is 11.3 Å². The third-order valence-corrected chi connectivity index (χ3v) is 3.43. The van der Waals surface area contributed by atoms with Crippen LogP contribution in [0.4, 0.5) is 0 Å². The number of rotatable bonds is 5. The van der Waals surface area contributed by atoms with Gasteiger partial charge in [-0.3, -0.25) is 0 Å². The second kappa shape index (κ2) is 4.20. The Labute approximate surface area is 83.4 Å². The first-order valence-electron chi connectivity index (χ1n) is 4.95. The average molecular weight is 196 g/mol. The summed E-state index contributed by atoms with van der Waals surface area (Å²) in [5.74, 6) is 1.85. The molecule has 1 aromatic rings. The highest BCUT2D eigenvalue weighted by molar-refractivity contribution is 7.09. The third-order valence-electron chi connectivity index (χ3n) is 2.65. The van der Waals surface area contributed by atoms with Crippen molar-refractivity contribution in [1.29, 1.82) is 0 Å². The molecule has 1 fully saturated rings. The normalized spacial score (nSPS) is 18.8. The van der Waals surface area contributed by atoms with Crippen LogP contribution in [-0.4, -0.2) is 11.5 Å². The zero-order chi connectivity index (χ0) is 9.10. The number of aromatic nitrogens is 1. The van der Waals surface area contributed by atoms with Crippen LogP contribution < -0.4 is 5.32 Å². The Morgan fingerprint density at radius 3 is 3.15 bits per heavy atom. The van der Waals surface area contributed by atoms with Gasteiger partial charge in [0.05, 0.1) is 0 Å². The maximum Gasteiger partial charge on any atom is 0.106 e.